The molecule has 3 rings (SSSR count). The third-order valence-electron chi connectivity index (χ3n) is 3.70. The zero-order valence-corrected chi connectivity index (χ0v) is 12.9. The Morgan fingerprint density at radius 3 is 2.95 bits per heavy atom. The van der Waals surface area contributed by atoms with E-state index in [4.69, 9.17) is 9.26 Å². The van der Waals surface area contributed by atoms with Gasteiger partial charge in [-0.1, -0.05) is 23.4 Å². The number of nitrogens with one attached hydrogen (secondary N) is 1. The molecule has 1 aromatic heterocycles. The van der Waals surface area contributed by atoms with Gasteiger partial charge in [-0.15, -0.1) is 0 Å². The van der Waals surface area contributed by atoms with E-state index in [1.807, 2.05) is 18.0 Å². The molecule has 0 radical (unpaired) electrons. The van der Waals surface area contributed by atoms with E-state index in [1.54, 1.807) is 13.3 Å². The van der Waals surface area contributed by atoms with Crippen molar-refractivity contribution in [3.8, 4) is 0 Å². The van der Waals surface area contributed by atoms with Crippen molar-refractivity contribution in [3.05, 3.63) is 52.9 Å². The Balaban J connectivity index is 1.59. The van der Waals surface area contributed by atoms with E-state index in [0.29, 0.717) is 13.2 Å². The van der Waals surface area contributed by atoms with Crippen LogP contribution in [0, 0.1) is 0 Å². The van der Waals surface area contributed by atoms with Gasteiger partial charge in [0, 0.05) is 26.7 Å². The molecule has 1 N–H and O–H groups in total. The molecule has 1 aliphatic heterocycles. The van der Waals surface area contributed by atoms with Crippen molar-refractivity contribution < 1.29 is 9.26 Å². The summed E-state index contributed by atoms with van der Waals surface area (Å²) in [4.78, 5) is 6.31. The largest absolute Gasteiger partial charge is 0.372 e. The summed E-state index contributed by atoms with van der Waals surface area (Å²) in [7, 11) is 3.75. The van der Waals surface area contributed by atoms with Crippen molar-refractivity contribution in [2.45, 2.75) is 26.3 Å². The highest BCUT2D eigenvalue weighted by Gasteiger charge is 2.12. The van der Waals surface area contributed by atoms with Crippen LogP contribution in [0.25, 0.3) is 0 Å². The lowest BCUT2D eigenvalue weighted by Gasteiger charge is -2.21. The van der Waals surface area contributed by atoms with Crippen LogP contribution >= 0.6 is 0 Å². The maximum atomic E-state index is 5.45. The van der Waals surface area contributed by atoms with Crippen molar-refractivity contribution in [1.82, 2.24) is 15.4 Å². The lowest BCUT2D eigenvalue weighted by Crippen LogP contribution is -2.38. The molecule has 116 valence electrons. The molecule has 0 saturated heterocycles. The Kier molecular flexibility index (Phi) is 4.39. The van der Waals surface area contributed by atoms with Gasteiger partial charge in [0.1, 0.15) is 12.0 Å². The average molecular weight is 300 g/mol. The van der Waals surface area contributed by atoms with Crippen molar-refractivity contribution in [3.63, 3.8) is 0 Å². The lowest BCUT2D eigenvalue weighted by atomic mass is 10.1. The molecule has 0 fully saturated rings. The molecule has 6 nitrogen and oxygen atoms in total. The molecular weight excluding hydrogens is 280 g/mol. The van der Waals surface area contributed by atoms with Gasteiger partial charge in [0.15, 0.2) is 5.96 Å². The molecule has 2 aromatic rings. The Morgan fingerprint density at radius 1 is 1.32 bits per heavy atom. The second-order valence-corrected chi connectivity index (χ2v) is 5.34. The Morgan fingerprint density at radius 2 is 2.18 bits per heavy atom. The second-order valence-electron chi connectivity index (χ2n) is 5.34. The Bertz CT molecular complexity index is 652. The smallest absolute Gasteiger partial charge is 0.194 e. The van der Waals surface area contributed by atoms with Crippen molar-refractivity contribution in [1.29, 1.82) is 0 Å². The topological polar surface area (TPSA) is 62.9 Å². The molecule has 1 aromatic carbocycles. The van der Waals surface area contributed by atoms with Gasteiger partial charge in [-0.25, -0.2) is 0 Å². The summed E-state index contributed by atoms with van der Waals surface area (Å²) in [6, 6.07) is 8.32. The molecule has 0 spiro atoms. The minimum atomic E-state index is 0.647. The van der Waals surface area contributed by atoms with Crippen LogP contribution in [0.15, 0.2) is 40.0 Å². The standard InChI is InChI=1S/C16H20N4O2/c1-17-16(20(2)9-15-5-6-22-19-15)18-8-12-3-4-13-10-21-11-14(13)7-12/h3-7H,8-11H2,1-2H3,(H,17,18). The predicted molar refractivity (Wildman–Crippen MR) is 83.1 cm³/mol. The summed E-state index contributed by atoms with van der Waals surface area (Å²) in [6.45, 7) is 2.81. The summed E-state index contributed by atoms with van der Waals surface area (Å²) in [5.41, 5.74) is 4.67. The fourth-order valence-corrected chi connectivity index (χ4v) is 2.54. The zero-order valence-electron chi connectivity index (χ0n) is 12.9. The first kappa shape index (κ1) is 14.6. The highest BCUT2D eigenvalue weighted by molar-refractivity contribution is 5.79. The van der Waals surface area contributed by atoms with Gasteiger partial charge in [0.25, 0.3) is 0 Å². The fraction of sp³-hybridized carbons (Fsp3) is 0.375. The third-order valence-corrected chi connectivity index (χ3v) is 3.70. The number of ether oxygens (including phenoxy) is 1. The van der Waals surface area contributed by atoms with E-state index in [9.17, 15) is 0 Å². The molecule has 2 heterocycles. The molecule has 0 bridgehead atoms. The molecule has 1 aliphatic rings. The van der Waals surface area contributed by atoms with Crippen LogP contribution in [0.2, 0.25) is 0 Å². The highest BCUT2D eigenvalue weighted by Crippen LogP contribution is 2.20. The number of aromatic nitrogens is 1. The monoisotopic (exact) mass is 300 g/mol. The van der Waals surface area contributed by atoms with Crippen molar-refractivity contribution >= 4 is 5.96 Å². The Hall–Kier alpha value is -2.34. The lowest BCUT2D eigenvalue weighted by molar-refractivity contribution is 0.134. The van der Waals surface area contributed by atoms with Crippen LogP contribution in [0.4, 0.5) is 0 Å². The first-order valence-corrected chi connectivity index (χ1v) is 7.25. The second kappa shape index (κ2) is 6.62. The van der Waals surface area contributed by atoms with Crippen molar-refractivity contribution in [2.75, 3.05) is 14.1 Å². The summed E-state index contributed by atoms with van der Waals surface area (Å²) < 4.78 is 10.3. The molecule has 0 atom stereocenters. The molecule has 22 heavy (non-hydrogen) atoms. The highest BCUT2D eigenvalue weighted by atomic mass is 16.5. The van der Waals surface area contributed by atoms with E-state index in [-0.39, 0.29) is 0 Å². The van der Waals surface area contributed by atoms with Crippen LogP contribution in [0.3, 0.4) is 0 Å². The van der Waals surface area contributed by atoms with Gasteiger partial charge in [-0.3, -0.25) is 4.99 Å². The van der Waals surface area contributed by atoms with E-state index < -0.39 is 0 Å². The van der Waals surface area contributed by atoms with Gasteiger partial charge in [-0.2, -0.15) is 0 Å². The first-order chi connectivity index (χ1) is 10.8. The van der Waals surface area contributed by atoms with E-state index in [2.05, 4.69) is 33.7 Å². The number of benzene rings is 1. The maximum Gasteiger partial charge on any atom is 0.194 e. The number of hydrogen-bond acceptors (Lipinski definition) is 4. The normalized spacial score (nSPS) is 14.0. The van der Waals surface area contributed by atoms with Gasteiger partial charge in [0.2, 0.25) is 0 Å². The fourth-order valence-electron chi connectivity index (χ4n) is 2.54. The van der Waals surface area contributed by atoms with E-state index in [1.165, 1.54) is 16.7 Å². The molecular formula is C16H20N4O2. The van der Waals surface area contributed by atoms with Crippen molar-refractivity contribution in [2.24, 2.45) is 4.99 Å². The molecule has 0 unspecified atom stereocenters. The molecule has 6 heteroatoms. The summed E-state index contributed by atoms with van der Waals surface area (Å²) in [5, 5.41) is 7.28. The van der Waals surface area contributed by atoms with E-state index in [0.717, 1.165) is 24.8 Å². The number of aliphatic imine (C=N–C) groups is 1. The minimum Gasteiger partial charge on any atom is -0.372 e. The van der Waals surface area contributed by atoms with Crippen LogP contribution in [-0.2, 0) is 31.0 Å². The number of guanidine groups is 1. The van der Waals surface area contributed by atoms with Crippen LogP contribution in [0.5, 0.6) is 0 Å². The first-order valence-electron chi connectivity index (χ1n) is 7.25. The van der Waals surface area contributed by atoms with Crippen LogP contribution in [-0.4, -0.2) is 30.1 Å². The predicted octanol–water partition coefficient (Wildman–Crippen LogP) is 1.91. The zero-order chi connectivity index (χ0) is 15.4. The third kappa shape index (κ3) is 3.28. The van der Waals surface area contributed by atoms with Gasteiger partial charge < -0.3 is 19.5 Å². The van der Waals surface area contributed by atoms with Gasteiger partial charge >= 0.3 is 0 Å². The number of hydrogen-bond donors (Lipinski definition) is 1. The summed E-state index contributed by atoms with van der Waals surface area (Å²) in [5.74, 6) is 0.819. The van der Waals surface area contributed by atoms with Crippen LogP contribution < -0.4 is 5.32 Å². The maximum absolute atomic E-state index is 5.45. The number of rotatable bonds is 4. The molecule has 0 aliphatic carbocycles. The molecule has 0 amide bonds. The Labute approximate surface area is 129 Å². The minimum absolute atomic E-state index is 0.647. The number of nitrogens with zero attached hydrogens (tertiary/aromatic N) is 3. The summed E-state index contributed by atoms with van der Waals surface area (Å²) >= 11 is 0. The van der Waals surface area contributed by atoms with E-state index >= 15 is 0 Å². The SMILES string of the molecule is CN=C(NCc1ccc2c(c1)COC2)N(C)Cc1ccon1. The number of fused-ring (bicyclic) bond motifs is 1. The average Bonchev–Trinajstić information content (AvgIpc) is 3.18. The summed E-state index contributed by atoms with van der Waals surface area (Å²) in [6.07, 6.45) is 1.58. The van der Waals surface area contributed by atoms with Gasteiger partial charge in [0.05, 0.1) is 19.8 Å². The molecule has 0 saturated carbocycles. The van der Waals surface area contributed by atoms with Crippen LogP contribution in [0.1, 0.15) is 22.4 Å². The van der Waals surface area contributed by atoms with Gasteiger partial charge in [-0.05, 0) is 16.7 Å². The quantitative estimate of drug-likeness (QED) is 0.690.